The molecule has 4 rings (SSSR count). The number of hydrogen-bond acceptors (Lipinski definition) is 2. The fourth-order valence-corrected chi connectivity index (χ4v) is 4.74. The maximum atomic E-state index is 13.4. The highest BCUT2D eigenvalue weighted by Gasteiger charge is 2.44. The van der Waals surface area contributed by atoms with Crippen LogP contribution in [0.15, 0.2) is 60.7 Å². The second kappa shape index (κ2) is 7.63. The van der Waals surface area contributed by atoms with Crippen LogP contribution < -0.4 is 0 Å². The van der Waals surface area contributed by atoms with E-state index in [0.717, 1.165) is 44.5 Å². The Kier molecular flexibility index (Phi) is 5.07. The molecule has 2 bridgehead atoms. The molecule has 0 saturated carbocycles. The summed E-state index contributed by atoms with van der Waals surface area (Å²) in [5.41, 5.74) is 2.52. The Hall–Kier alpha value is -2.13. The minimum Gasteiger partial charge on any atom is -0.334 e. The van der Waals surface area contributed by atoms with Crippen molar-refractivity contribution in [3.8, 4) is 0 Å². The zero-order valence-electron chi connectivity index (χ0n) is 15.6. The molecule has 26 heavy (non-hydrogen) atoms. The molecule has 0 aromatic heterocycles. The predicted octanol–water partition coefficient (Wildman–Crippen LogP) is 4.06. The van der Waals surface area contributed by atoms with Crippen LogP contribution in [0, 0.1) is 0 Å². The second-order valence-corrected chi connectivity index (χ2v) is 7.68. The number of piperazine rings is 1. The maximum absolute atomic E-state index is 13.4. The van der Waals surface area contributed by atoms with Gasteiger partial charge in [0.2, 0.25) is 5.91 Å². The summed E-state index contributed by atoms with van der Waals surface area (Å²) in [6.07, 6.45) is 3.16. The molecule has 3 atom stereocenters. The van der Waals surface area contributed by atoms with Gasteiger partial charge in [0.25, 0.3) is 0 Å². The standard InChI is InChI=1S/C23H28N2O/c1-2-22(19-11-7-4-8-12-19)23(26)25-20-13-14-21(25)17-24(16-20)15-18-9-5-3-6-10-18/h3-12,20-22H,2,13-17H2,1H3/t20-,21-,22+/m1/s1. The maximum Gasteiger partial charge on any atom is 0.230 e. The van der Waals surface area contributed by atoms with E-state index in [1.807, 2.05) is 18.2 Å². The fraction of sp³-hybridized carbons (Fsp3) is 0.435. The number of rotatable bonds is 5. The number of benzene rings is 2. The first-order valence-electron chi connectivity index (χ1n) is 9.89. The summed E-state index contributed by atoms with van der Waals surface area (Å²) < 4.78 is 0. The Balaban J connectivity index is 1.47. The molecule has 2 aromatic rings. The van der Waals surface area contributed by atoms with Gasteiger partial charge >= 0.3 is 0 Å². The SMILES string of the molecule is CC[C@H](C(=O)N1[C@@H]2CC[C@@H]1CN(Cc1ccccc1)C2)c1ccccc1. The number of nitrogens with zero attached hydrogens (tertiary/aromatic N) is 2. The van der Waals surface area contributed by atoms with E-state index in [0.29, 0.717) is 18.0 Å². The normalized spacial score (nSPS) is 23.8. The smallest absolute Gasteiger partial charge is 0.230 e. The molecule has 0 spiro atoms. The minimum atomic E-state index is -0.0000247. The summed E-state index contributed by atoms with van der Waals surface area (Å²) in [5.74, 6) is 0.338. The van der Waals surface area contributed by atoms with Crippen LogP contribution in [0.3, 0.4) is 0 Å². The van der Waals surface area contributed by atoms with Crippen molar-refractivity contribution in [1.29, 1.82) is 0 Å². The van der Waals surface area contributed by atoms with Gasteiger partial charge in [-0.2, -0.15) is 0 Å². The molecule has 1 amide bonds. The molecule has 2 fully saturated rings. The first-order valence-corrected chi connectivity index (χ1v) is 9.89. The Morgan fingerprint density at radius 1 is 0.962 bits per heavy atom. The molecule has 2 aliphatic heterocycles. The van der Waals surface area contributed by atoms with E-state index in [1.165, 1.54) is 5.56 Å². The van der Waals surface area contributed by atoms with Crippen LogP contribution in [0.5, 0.6) is 0 Å². The molecule has 0 N–H and O–H groups in total. The van der Waals surface area contributed by atoms with Gasteiger partial charge in [-0.05, 0) is 30.4 Å². The summed E-state index contributed by atoms with van der Waals surface area (Å²) in [7, 11) is 0. The summed E-state index contributed by atoms with van der Waals surface area (Å²) in [6.45, 7) is 5.12. The van der Waals surface area contributed by atoms with Crippen LogP contribution in [-0.4, -0.2) is 40.9 Å². The zero-order valence-corrected chi connectivity index (χ0v) is 15.6. The molecule has 2 aromatic carbocycles. The molecule has 136 valence electrons. The molecular weight excluding hydrogens is 320 g/mol. The molecule has 3 heteroatoms. The predicted molar refractivity (Wildman–Crippen MR) is 105 cm³/mol. The van der Waals surface area contributed by atoms with Crippen molar-refractivity contribution in [2.75, 3.05) is 13.1 Å². The van der Waals surface area contributed by atoms with Gasteiger partial charge in [-0.1, -0.05) is 67.6 Å². The Morgan fingerprint density at radius 3 is 2.12 bits per heavy atom. The highest BCUT2D eigenvalue weighted by atomic mass is 16.2. The van der Waals surface area contributed by atoms with Gasteiger partial charge in [0, 0.05) is 31.7 Å². The zero-order chi connectivity index (χ0) is 17.9. The van der Waals surface area contributed by atoms with Crippen LogP contribution in [0.25, 0.3) is 0 Å². The van der Waals surface area contributed by atoms with Crippen LogP contribution in [0.4, 0.5) is 0 Å². The van der Waals surface area contributed by atoms with E-state index < -0.39 is 0 Å². The fourth-order valence-electron chi connectivity index (χ4n) is 4.74. The van der Waals surface area contributed by atoms with Crippen molar-refractivity contribution in [2.24, 2.45) is 0 Å². The average Bonchev–Trinajstić information content (AvgIpc) is 2.95. The van der Waals surface area contributed by atoms with Crippen molar-refractivity contribution < 1.29 is 4.79 Å². The lowest BCUT2D eigenvalue weighted by atomic mass is 9.94. The summed E-state index contributed by atoms with van der Waals surface area (Å²) >= 11 is 0. The number of amides is 1. The van der Waals surface area contributed by atoms with Crippen LogP contribution >= 0.6 is 0 Å². The van der Waals surface area contributed by atoms with Gasteiger partial charge in [0.05, 0.1) is 5.92 Å². The number of hydrogen-bond donors (Lipinski definition) is 0. The minimum absolute atomic E-state index is 0.0000247. The molecule has 2 saturated heterocycles. The van der Waals surface area contributed by atoms with Gasteiger partial charge < -0.3 is 4.90 Å². The topological polar surface area (TPSA) is 23.6 Å². The molecule has 0 aliphatic carbocycles. The first kappa shape index (κ1) is 17.3. The van der Waals surface area contributed by atoms with Crippen LogP contribution in [-0.2, 0) is 11.3 Å². The molecule has 0 radical (unpaired) electrons. The van der Waals surface area contributed by atoms with Crippen molar-refractivity contribution in [1.82, 2.24) is 9.80 Å². The monoisotopic (exact) mass is 348 g/mol. The summed E-state index contributed by atoms with van der Waals surface area (Å²) in [6, 6.07) is 21.7. The highest BCUT2D eigenvalue weighted by molar-refractivity contribution is 5.84. The Morgan fingerprint density at radius 2 is 1.54 bits per heavy atom. The van der Waals surface area contributed by atoms with Crippen LogP contribution in [0.2, 0.25) is 0 Å². The summed E-state index contributed by atoms with van der Waals surface area (Å²) in [4.78, 5) is 18.1. The average molecular weight is 348 g/mol. The highest BCUT2D eigenvalue weighted by Crippen LogP contribution is 2.34. The van der Waals surface area contributed by atoms with E-state index in [-0.39, 0.29) is 5.92 Å². The molecule has 3 nitrogen and oxygen atoms in total. The van der Waals surface area contributed by atoms with Crippen molar-refractivity contribution in [3.05, 3.63) is 71.8 Å². The van der Waals surface area contributed by atoms with Crippen molar-refractivity contribution >= 4 is 5.91 Å². The molecule has 0 unspecified atom stereocenters. The van der Waals surface area contributed by atoms with E-state index in [1.54, 1.807) is 0 Å². The quantitative estimate of drug-likeness (QED) is 0.814. The molecule has 2 heterocycles. The van der Waals surface area contributed by atoms with Gasteiger partial charge in [0.15, 0.2) is 0 Å². The largest absolute Gasteiger partial charge is 0.334 e. The lowest BCUT2D eigenvalue weighted by Gasteiger charge is -2.42. The number of carbonyl (C=O) groups excluding carboxylic acids is 1. The van der Waals surface area contributed by atoms with E-state index in [2.05, 4.69) is 59.2 Å². The Bertz CT molecular complexity index is 716. The van der Waals surface area contributed by atoms with E-state index >= 15 is 0 Å². The van der Waals surface area contributed by atoms with E-state index in [4.69, 9.17) is 0 Å². The van der Waals surface area contributed by atoms with Crippen molar-refractivity contribution in [2.45, 2.75) is 50.7 Å². The third-order valence-electron chi connectivity index (χ3n) is 5.97. The van der Waals surface area contributed by atoms with Crippen LogP contribution in [0.1, 0.15) is 43.2 Å². The molecular formula is C23H28N2O. The number of carbonyl (C=O) groups is 1. The van der Waals surface area contributed by atoms with Gasteiger partial charge in [0.1, 0.15) is 0 Å². The third-order valence-corrected chi connectivity index (χ3v) is 5.97. The van der Waals surface area contributed by atoms with Gasteiger partial charge in [-0.15, -0.1) is 0 Å². The van der Waals surface area contributed by atoms with Gasteiger partial charge in [-0.3, -0.25) is 9.69 Å². The first-order chi connectivity index (χ1) is 12.8. The Labute approximate surface area is 156 Å². The second-order valence-electron chi connectivity index (χ2n) is 7.68. The third kappa shape index (κ3) is 3.41. The number of likely N-dealkylation sites (tertiary alicyclic amines) is 1. The number of fused-ring (bicyclic) bond motifs is 2. The summed E-state index contributed by atoms with van der Waals surface area (Å²) in [5, 5.41) is 0. The lowest BCUT2D eigenvalue weighted by Crippen LogP contribution is -2.56. The van der Waals surface area contributed by atoms with E-state index in [9.17, 15) is 4.79 Å². The van der Waals surface area contributed by atoms with Crippen molar-refractivity contribution in [3.63, 3.8) is 0 Å². The lowest BCUT2D eigenvalue weighted by molar-refractivity contribution is -0.138. The molecule has 2 aliphatic rings. The van der Waals surface area contributed by atoms with Gasteiger partial charge in [-0.25, -0.2) is 0 Å².